The summed E-state index contributed by atoms with van der Waals surface area (Å²) in [5, 5.41) is 2.28. The number of benzene rings is 1. The van der Waals surface area contributed by atoms with Crippen LogP contribution >= 0.6 is 0 Å². The number of ether oxygens (including phenoxy) is 2. The summed E-state index contributed by atoms with van der Waals surface area (Å²) in [7, 11) is 0. The van der Waals surface area contributed by atoms with Gasteiger partial charge in [-0.1, -0.05) is 0 Å². The lowest BCUT2D eigenvalue weighted by atomic mass is 9.95. The number of fused-ring (bicyclic) bond motifs is 1. The van der Waals surface area contributed by atoms with E-state index in [2.05, 4.69) is 10.3 Å². The zero-order valence-corrected chi connectivity index (χ0v) is 19.6. The molecule has 184 valence electrons. The number of hydrogen-bond donors (Lipinski definition) is 1. The maximum atomic E-state index is 13.3. The zero-order valence-electron chi connectivity index (χ0n) is 19.6. The molecule has 0 spiro atoms. The van der Waals surface area contributed by atoms with Gasteiger partial charge in [0.2, 0.25) is 11.8 Å². The lowest BCUT2D eigenvalue weighted by Gasteiger charge is -2.20. The van der Waals surface area contributed by atoms with Gasteiger partial charge in [0.1, 0.15) is 18.0 Å². The van der Waals surface area contributed by atoms with E-state index in [4.69, 9.17) is 9.47 Å². The average molecular weight is 478 g/mol. The van der Waals surface area contributed by atoms with Gasteiger partial charge in [0.05, 0.1) is 30.7 Å². The number of rotatable bonds is 7. The zero-order chi connectivity index (χ0) is 24.9. The topological polar surface area (TPSA) is 97.3 Å². The molecular weight excluding hydrogens is 448 g/mol. The Bertz CT molecular complexity index is 1020. The molecule has 1 aromatic carbocycles. The predicted octanol–water partition coefficient (Wildman–Crippen LogP) is 3.63. The van der Waals surface area contributed by atoms with Crippen molar-refractivity contribution in [2.75, 3.05) is 26.2 Å². The van der Waals surface area contributed by atoms with E-state index >= 15 is 0 Å². The summed E-state index contributed by atoms with van der Waals surface area (Å²) in [5.74, 6) is -0.150. The smallest absolute Gasteiger partial charge is 0.407 e. The number of likely N-dealkylation sites (tertiary alicyclic amines) is 1. The van der Waals surface area contributed by atoms with Crippen LogP contribution in [0, 0.1) is 0 Å². The lowest BCUT2D eigenvalue weighted by Crippen LogP contribution is -2.34. The number of alkyl carbamates (subject to hydrolysis) is 1. The standard InChI is InChI=1S/C24H29F2N3O5/c1-24(2,3)34-23(32)27-13-16(22(25)26)14-33-17-6-7-18-15(10-17)11-20(30)28-19(18)12-21(31)29-8-4-5-9-29/h6-7,10H,4-5,8-9,11-14H2,1-3H3,(H,27,32). The Morgan fingerprint density at radius 1 is 1.18 bits per heavy atom. The van der Waals surface area contributed by atoms with Crippen molar-refractivity contribution in [3.63, 3.8) is 0 Å². The molecule has 0 aliphatic carbocycles. The molecule has 2 heterocycles. The fourth-order valence-electron chi connectivity index (χ4n) is 3.69. The lowest BCUT2D eigenvalue weighted by molar-refractivity contribution is -0.128. The summed E-state index contributed by atoms with van der Waals surface area (Å²) >= 11 is 0. The minimum atomic E-state index is -1.96. The average Bonchev–Trinajstić information content (AvgIpc) is 3.27. The predicted molar refractivity (Wildman–Crippen MR) is 121 cm³/mol. The number of amides is 3. The Morgan fingerprint density at radius 2 is 1.88 bits per heavy atom. The molecule has 2 aliphatic rings. The Morgan fingerprint density at radius 3 is 2.53 bits per heavy atom. The SMILES string of the molecule is CC(C)(C)OC(=O)NCC(COc1ccc2c(c1)CC(=O)N=C2CC(=O)N1CCCC1)=C(F)F. The van der Waals surface area contributed by atoms with Gasteiger partial charge < -0.3 is 19.7 Å². The molecule has 10 heteroatoms. The van der Waals surface area contributed by atoms with Gasteiger partial charge in [-0.25, -0.2) is 9.79 Å². The van der Waals surface area contributed by atoms with Gasteiger partial charge in [-0.2, -0.15) is 8.78 Å². The largest absolute Gasteiger partial charge is 0.489 e. The van der Waals surface area contributed by atoms with Crippen LogP contribution in [0.5, 0.6) is 5.75 Å². The van der Waals surface area contributed by atoms with Crippen molar-refractivity contribution >= 4 is 23.6 Å². The van der Waals surface area contributed by atoms with E-state index in [0.717, 1.165) is 12.8 Å². The van der Waals surface area contributed by atoms with E-state index in [1.807, 2.05) is 0 Å². The highest BCUT2D eigenvalue weighted by molar-refractivity contribution is 6.17. The molecule has 1 N–H and O–H groups in total. The van der Waals surface area contributed by atoms with Crippen LogP contribution in [-0.2, 0) is 20.7 Å². The summed E-state index contributed by atoms with van der Waals surface area (Å²) in [5.41, 5.74) is 0.559. The molecule has 3 rings (SSSR count). The van der Waals surface area contributed by atoms with Crippen molar-refractivity contribution in [3.8, 4) is 5.75 Å². The van der Waals surface area contributed by atoms with E-state index in [9.17, 15) is 23.2 Å². The van der Waals surface area contributed by atoms with Crippen LogP contribution in [-0.4, -0.2) is 60.4 Å². The molecule has 3 amide bonds. The summed E-state index contributed by atoms with van der Waals surface area (Å²) in [6.45, 7) is 5.53. The maximum absolute atomic E-state index is 13.3. The third-order valence-corrected chi connectivity index (χ3v) is 5.29. The molecule has 1 saturated heterocycles. The summed E-state index contributed by atoms with van der Waals surface area (Å²) in [4.78, 5) is 42.2. The monoisotopic (exact) mass is 477 g/mol. The van der Waals surface area contributed by atoms with Crippen molar-refractivity contribution in [3.05, 3.63) is 41.0 Å². The number of hydrogen-bond acceptors (Lipinski definition) is 5. The molecule has 0 unspecified atom stereocenters. The second-order valence-corrected chi connectivity index (χ2v) is 9.22. The first-order chi connectivity index (χ1) is 16.0. The number of carbonyl (C=O) groups is 3. The van der Waals surface area contributed by atoms with Crippen LogP contribution in [0.25, 0.3) is 0 Å². The van der Waals surface area contributed by atoms with E-state index < -0.39 is 36.5 Å². The van der Waals surface area contributed by atoms with Crippen molar-refractivity contribution in [2.24, 2.45) is 4.99 Å². The number of nitrogens with zero attached hydrogens (tertiary/aromatic N) is 2. The fourth-order valence-corrected chi connectivity index (χ4v) is 3.69. The Hall–Kier alpha value is -3.30. The highest BCUT2D eigenvalue weighted by Crippen LogP contribution is 2.25. The number of halogens is 2. The third kappa shape index (κ3) is 7.10. The van der Waals surface area contributed by atoms with Crippen LogP contribution in [0.3, 0.4) is 0 Å². The molecular formula is C24H29F2N3O5. The number of carbonyl (C=O) groups excluding carboxylic acids is 3. The number of aliphatic imine (C=N–C) groups is 1. The van der Waals surface area contributed by atoms with E-state index in [0.29, 0.717) is 29.9 Å². The van der Waals surface area contributed by atoms with E-state index in [1.54, 1.807) is 43.9 Å². The van der Waals surface area contributed by atoms with Gasteiger partial charge in [-0.05, 0) is 57.4 Å². The van der Waals surface area contributed by atoms with Gasteiger partial charge in [-0.3, -0.25) is 9.59 Å². The van der Waals surface area contributed by atoms with Crippen LogP contribution in [0.2, 0.25) is 0 Å². The molecule has 0 radical (unpaired) electrons. The van der Waals surface area contributed by atoms with Crippen molar-refractivity contribution < 1.29 is 32.6 Å². The Kier molecular flexibility index (Phi) is 8.01. The highest BCUT2D eigenvalue weighted by Gasteiger charge is 2.25. The van der Waals surface area contributed by atoms with Crippen LogP contribution in [0.4, 0.5) is 13.6 Å². The second-order valence-electron chi connectivity index (χ2n) is 9.22. The van der Waals surface area contributed by atoms with Crippen LogP contribution < -0.4 is 10.1 Å². The molecule has 0 aromatic heterocycles. The second kappa shape index (κ2) is 10.8. The van der Waals surface area contributed by atoms with Gasteiger partial charge in [0, 0.05) is 18.7 Å². The van der Waals surface area contributed by atoms with E-state index in [1.165, 1.54) is 0 Å². The minimum Gasteiger partial charge on any atom is -0.489 e. The van der Waals surface area contributed by atoms with Crippen LogP contribution in [0.1, 0.15) is 51.2 Å². The highest BCUT2D eigenvalue weighted by atomic mass is 19.3. The molecule has 34 heavy (non-hydrogen) atoms. The van der Waals surface area contributed by atoms with Gasteiger partial charge in [0.15, 0.2) is 0 Å². The van der Waals surface area contributed by atoms with Crippen molar-refractivity contribution in [1.82, 2.24) is 10.2 Å². The quantitative estimate of drug-likeness (QED) is 0.647. The normalized spacial score (nSPS) is 15.4. The van der Waals surface area contributed by atoms with Gasteiger partial charge >= 0.3 is 6.09 Å². The first-order valence-corrected chi connectivity index (χ1v) is 11.2. The van der Waals surface area contributed by atoms with Crippen LogP contribution in [0.15, 0.2) is 34.8 Å². The first kappa shape index (κ1) is 25.3. The van der Waals surface area contributed by atoms with Crippen molar-refractivity contribution in [2.45, 2.75) is 52.1 Å². The summed E-state index contributed by atoms with van der Waals surface area (Å²) in [6.07, 6.45) is -0.758. The fraction of sp³-hybridized carbons (Fsp3) is 0.500. The molecule has 0 saturated carbocycles. The minimum absolute atomic E-state index is 0.0360. The maximum Gasteiger partial charge on any atom is 0.407 e. The molecule has 1 fully saturated rings. The first-order valence-electron chi connectivity index (χ1n) is 11.2. The van der Waals surface area contributed by atoms with Gasteiger partial charge in [0.25, 0.3) is 6.08 Å². The Balaban J connectivity index is 1.63. The Labute approximate surface area is 197 Å². The van der Waals surface area contributed by atoms with Crippen molar-refractivity contribution in [1.29, 1.82) is 0 Å². The van der Waals surface area contributed by atoms with Gasteiger partial charge in [-0.15, -0.1) is 0 Å². The molecule has 0 atom stereocenters. The molecule has 8 nitrogen and oxygen atoms in total. The molecule has 1 aromatic rings. The third-order valence-electron chi connectivity index (χ3n) is 5.29. The number of nitrogens with one attached hydrogen (secondary N) is 1. The molecule has 0 bridgehead atoms. The van der Waals surface area contributed by atoms with E-state index in [-0.39, 0.29) is 30.4 Å². The summed E-state index contributed by atoms with van der Waals surface area (Å²) < 4.78 is 37.2. The summed E-state index contributed by atoms with van der Waals surface area (Å²) in [6, 6.07) is 4.86. The molecule has 2 aliphatic heterocycles.